The summed E-state index contributed by atoms with van der Waals surface area (Å²) in [7, 11) is 4.18. The molecule has 3 aromatic heterocycles. The van der Waals surface area contributed by atoms with Crippen LogP contribution in [0.15, 0.2) is 22.7 Å². The monoisotopic (exact) mass is 497 g/mol. The molecular weight excluding hydrogens is 466 g/mol. The van der Waals surface area contributed by atoms with Crippen LogP contribution >= 0.6 is 23.1 Å². The van der Waals surface area contributed by atoms with Gasteiger partial charge < -0.3 is 15.0 Å². The molecule has 34 heavy (non-hydrogen) atoms. The number of fused-ring (bicyclic) bond motifs is 3. The van der Waals surface area contributed by atoms with Crippen molar-refractivity contribution in [1.82, 2.24) is 19.9 Å². The number of esters is 1. The first-order valence-corrected chi connectivity index (χ1v) is 13.6. The lowest BCUT2D eigenvalue weighted by Gasteiger charge is -2.18. The maximum absolute atomic E-state index is 12.6. The Morgan fingerprint density at radius 3 is 2.82 bits per heavy atom. The van der Waals surface area contributed by atoms with E-state index >= 15 is 0 Å². The van der Waals surface area contributed by atoms with Crippen LogP contribution in [0.25, 0.3) is 11.3 Å². The Hall–Kier alpha value is -2.49. The molecule has 1 aliphatic rings. The fourth-order valence-electron chi connectivity index (χ4n) is 4.11. The summed E-state index contributed by atoms with van der Waals surface area (Å²) in [5, 5.41) is 3.39. The minimum atomic E-state index is -0.243. The van der Waals surface area contributed by atoms with Gasteiger partial charge in [-0.25, -0.2) is 14.8 Å². The molecule has 4 rings (SSSR count). The Balaban J connectivity index is 1.64. The third kappa shape index (κ3) is 5.26. The zero-order valence-corrected chi connectivity index (χ0v) is 22.0. The molecule has 0 bridgehead atoms. The van der Waals surface area contributed by atoms with Crippen molar-refractivity contribution in [2.45, 2.75) is 43.7 Å². The molecule has 1 aliphatic carbocycles. The number of carbonyl (C=O) groups is 1. The van der Waals surface area contributed by atoms with E-state index in [1.54, 1.807) is 11.8 Å². The number of aromatic nitrogens is 3. The molecule has 0 aromatic carbocycles. The quantitative estimate of drug-likeness (QED) is 0.321. The number of aryl methyl sites for hydroxylation is 3. The van der Waals surface area contributed by atoms with Gasteiger partial charge in [0.25, 0.3) is 0 Å². The van der Waals surface area contributed by atoms with Gasteiger partial charge in [0.05, 0.1) is 27.9 Å². The summed E-state index contributed by atoms with van der Waals surface area (Å²) in [5.41, 5.74) is 7.13. The van der Waals surface area contributed by atoms with E-state index in [0.717, 1.165) is 70.2 Å². The highest BCUT2D eigenvalue weighted by atomic mass is 32.2. The molecule has 0 spiro atoms. The number of thiophene rings is 1. The summed E-state index contributed by atoms with van der Waals surface area (Å²) in [6, 6.07) is 2.14. The first-order valence-electron chi connectivity index (χ1n) is 11.5. The highest BCUT2D eigenvalue weighted by molar-refractivity contribution is 8.00. The van der Waals surface area contributed by atoms with E-state index in [9.17, 15) is 4.79 Å². The average molecular weight is 498 g/mol. The molecule has 3 heterocycles. The first kappa shape index (κ1) is 24.6. The standard InChI is InChI=1S/C25H31N5O2S2/c1-6-32-23(31)22-18-10-9-17-14-27-25(29-21(17)20(18)24(33-5)34-22)28-19-12-16(13-26-15(19)2)8-7-11-30(3)4/h12-14H,6-11H2,1-5H3,(H,27,28,29). The van der Waals surface area contributed by atoms with E-state index in [0.29, 0.717) is 17.4 Å². The van der Waals surface area contributed by atoms with E-state index in [4.69, 9.17) is 9.72 Å². The van der Waals surface area contributed by atoms with Crippen molar-refractivity contribution in [2.75, 3.05) is 38.8 Å². The van der Waals surface area contributed by atoms with Crippen LogP contribution in [0.4, 0.5) is 11.6 Å². The molecule has 0 amide bonds. The maximum Gasteiger partial charge on any atom is 0.348 e. The van der Waals surface area contributed by atoms with Crippen LogP contribution in [0.5, 0.6) is 0 Å². The Bertz CT molecular complexity index is 1190. The Labute approximate surface area is 209 Å². The zero-order valence-electron chi connectivity index (χ0n) is 20.4. The molecular formula is C25H31N5O2S2. The molecule has 0 radical (unpaired) electrons. The normalized spacial score (nSPS) is 12.4. The van der Waals surface area contributed by atoms with Crippen molar-refractivity contribution in [3.05, 3.63) is 45.7 Å². The van der Waals surface area contributed by atoms with Crippen molar-refractivity contribution < 1.29 is 9.53 Å². The highest BCUT2D eigenvalue weighted by Crippen LogP contribution is 2.46. The molecule has 0 saturated carbocycles. The van der Waals surface area contributed by atoms with Crippen LogP contribution in [-0.4, -0.2) is 59.3 Å². The topological polar surface area (TPSA) is 80.2 Å². The number of carbonyl (C=O) groups excluding carboxylic acids is 1. The highest BCUT2D eigenvalue weighted by Gasteiger charge is 2.30. The van der Waals surface area contributed by atoms with Gasteiger partial charge in [-0.3, -0.25) is 4.98 Å². The number of thioether (sulfide) groups is 1. The minimum Gasteiger partial charge on any atom is -0.462 e. The van der Waals surface area contributed by atoms with Gasteiger partial charge in [0.2, 0.25) is 5.95 Å². The van der Waals surface area contributed by atoms with Crippen LogP contribution < -0.4 is 5.32 Å². The first-order chi connectivity index (χ1) is 16.4. The molecule has 3 aromatic rings. The molecule has 0 unspecified atom stereocenters. The van der Waals surface area contributed by atoms with E-state index in [2.05, 4.69) is 40.3 Å². The molecule has 0 atom stereocenters. The Kier molecular flexibility index (Phi) is 7.85. The maximum atomic E-state index is 12.6. The Morgan fingerprint density at radius 2 is 2.09 bits per heavy atom. The van der Waals surface area contributed by atoms with Crippen LogP contribution in [0, 0.1) is 6.92 Å². The Morgan fingerprint density at radius 1 is 1.26 bits per heavy atom. The van der Waals surface area contributed by atoms with Crippen molar-refractivity contribution in [3.8, 4) is 11.3 Å². The summed E-state index contributed by atoms with van der Waals surface area (Å²) in [6.45, 7) is 5.23. The SMILES string of the molecule is CCOC(=O)c1sc(SC)c2c1CCc1cnc(Nc3cc(CCCN(C)C)cnc3C)nc1-2. The third-order valence-corrected chi connectivity index (χ3v) is 8.16. The molecule has 0 aliphatic heterocycles. The fraction of sp³-hybridized carbons (Fsp3) is 0.440. The predicted molar refractivity (Wildman–Crippen MR) is 140 cm³/mol. The van der Waals surface area contributed by atoms with Crippen molar-refractivity contribution in [1.29, 1.82) is 0 Å². The van der Waals surface area contributed by atoms with Gasteiger partial charge in [0, 0.05) is 18.0 Å². The van der Waals surface area contributed by atoms with Gasteiger partial charge in [0.15, 0.2) is 0 Å². The van der Waals surface area contributed by atoms with Gasteiger partial charge in [-0.15, -0.1) is 23.1 Å². The van der Waals surface area contributed by atoms with E-state index in [-0.39, 0.29) is 5.97 Å². The second kappa shape index (κ2) is 10.8. The summed E-state index contributed by atoms with van der Waals surface area (Å²) < 4.78 is 6.40. The lowest BCUT2D eigenvalue weighted by atomic mass is 9.91. The number of anilines is 2. The van der Waals surface area contributed by atoms with Crippen LogP contribution in [0.1, 0.15) is 45.4 Å². The minimum absolute atomic E-state index is 0.243. The number of hydrogen-bond acceptors (Lipinski definition) is 9. The van der Waals surface area contributed by atoms with Gasteiger partial charge in [0.1, 0.15) is 4.88 Å². The number of rotatable bonds is 9. The molecule has 7 nitrogen and oxygen atoms in total. The number of hydrogen-bond donors (Lipinski definition) is 1. The largest absolute Gasteiger partial charge is 0.462 e. The molecule has 0 fully saturated rings. The lowest BCUT2D eigenvalue weighted by Crippen LogP contribution is -2.13. The molecule has 180 valence electrons. The third-order valence-electron chi connectivity index (χ3n) is 5.83. The van der Waals surface area contributed by atoms with Crippen molar-refractivity contribution in [3.63, 3.8) is 0 Å². The smallest absolute Gasteiger partial charge is 0.348 e. The summed E-state index contributed by atoms with van der Waals surface area (Å²) >= 11 is 3.15. The van der Waals surface area contributed by atoms with Crippen LogP contribution in [0.2, 0.25) is 0 Å². The number of ether oxygens (including phenoxy) is 1. The summed E-state index contributed by atoms with van der Waals surface area (Å²) in [6.07, 6.45) is 9.53. The molecule has 1 N–H and O–H groups in total. The van der Waals surface area contributed by atoms with Crippen molar-refractivity contribution in [2.24, 2.45) is 0 Å². The van der Waals surface area contributed by atoms with E-state index in [1.165, 1.54) is 16.9 Å². The van der Waals surface area contributed by atoms with Gasteiger partial charge in [-0.1, -0.05) is 0 Å². The number of nitrogens with zero attached hydrogens (tertiary/aromatic N) is 4. The van der Waals surface area contributed by atoms with E-state index in [1.807, 2.05) is 32.5 Å². The van der Waals surface area contributed by atoms with Gasteiger partial charge in [-0.05, 0) is 89.2 Å². The number of pyridine rings is 1. The molecule has 0 saturated heterocycles. The fourth-order valence-corrected chi connectivity index (χ4v) is 6.10. The van der Waals surface area contributed by atoms with E-state index < -0.39 is 0 Å². The zero-order chi connectivity index (χ0) is 24.2. The van der Waals surface area contributed by atoms with Gasteiger partial charge in [-0.2, -0.15) is 0 Å². The van der Waals surface area contributed by atoms with Crippen molar-refractivity contribution >= 4 is 40.7 Å². The van der Waals surface area contributed by atoms with Crippen LogP contribution in [-0.2, 0) is 24.0 Å². The van der Waals surface area contributed by atoms with Crippen LogP contribution in [0.3, 0.4) is 0 Å². The average Bonchev–Trinajstić information content (AvgIpc) is 3.20. The predicted octanol–water partition coefficient (Wildman–Crippen LogP) is 5.14. The lowest BCUT2D eigenvalue weighted by molar-refractivity contribution is 0.0531. The molecule has 9 heteroatoms. The second-order valence-electron chi connectivity index (χ2n) is 8.57. The number of nitrogens with one attached hydrogen (secondary N) is 1. The summed E-state index contributed by atoms with van der Waals surface area (Å²) in [5.74, 6) is 0.297. The second-order valence-corrected chi connectivity index (χ2v) is 10.7. The van der Waals surface area contributed by atoms with Gasteiger partial charge >= 0.3 is 5.97 Å². The summed E-state index contributed by atoms with van der Waals surface area (Å²) in [4.78, 5) is 29.6.